The van der Waals surface area contributed by atoms with Gasteiger partial charge < -0.3 is 4.90 Å². The zero-order valence-electron chi connectivity index (χ0n) is 32.5. The van der Waals surface area contributed by atoms with E-state index in [4.69, 9.17) is 0 Å². The fourth-order valence-corrected chi connectivity index (χ4v) is 9.20. The van der Waals surface area contributed by atoms with Crippen molar-refractivity contribution in [2.75, 3.05) is 4.90 Å². The minimum absolute atomic E-state index is 1.09. The molecule has 276 valence electrons. The Balaban J connectivity index is 1.16. The number of hydrogen-bond donors (Lipinski definition) is 0. The Bertz CT molecular complexity index is 3310. The number of benzene rings is 11. The molecule has 0 amide bonds. The molecule has 11 aromatic rings. The van der Waals surface area contributed by atoms with E-state index < -0.39 is 0 Å². The summed E-state index contributed by atoms with van der Waals surface area (Å²) in [7, 11) is 0. The lowest BCUT2D eigenvalue weighted by Crippen LogP contribution is -2.11. The molecule has 0 fully saturated rings. The largest absolute Gasteiger partial charge is 0.310 e. The van der Waals surface area contributed by atoms with Crippen molar-refractivity contribution in [3.8, 4) is 44.5 Å². The van der Waals surface area contributed by atoms with Crippen LogP contribution in [-0.4, -0.2) is 0 Å². The third kappa shape index (κ3) is 6.04. The Labute approximate surface area is 344 Å². The third-order valence-electron chi connectivity index (χ3n) is 11.8. The quantitative estimate of drug-likeness (QED) is 0.147. The third-order valence-corrected chi connectivity index (χ3v) is 11.8. The van der Waals surface area contributed by atoms with Crippen molar-refractivity contribution in [2.24, 2.45) is 0 Å². The molecule has 0 heterocycles. The molecule has 0 spiro atoms. The Morgan fingerprint density at radius 3 is 1.37 bits per heavy atom. The lowest BCUT2D eigenvalue weighted by Gasteiger charge is -2.29. The second kappa shape index (κ2) is 14.6. The van der Waals surface area contributed by atoms with Gasteiger partial charge in [-0.2, -0.15) is 0 Å². The van der Waals surface area contributed by atoms with Gasteiger partial charge in [0.15, 0.2) is 0 Å². The minimum atomic E-state index is 1.09. The van der Waals surface area contributed by atoms with E-state index in [1.807, 2.05) is 0 Å². The van der Waals surface area contributed by atoms with E-state index in [1.54, 1.807) is 0 Å². The van der Waals surface area contributed by atoms with E-state index in [0.29, 0.717) is 0 Å². The van der Waals surface area contributed by atoms with Crippen molar-refractivity contribution >= 4 is 60.2 Å². The molecule has 0 radical (unpaired) electrons. The first-order valence-corrected chi connectivity index (χ1v) is 20.3. The first-order valence-electron chi connectivity index (χ1n) is 20.3. The molecule has 1 heteroatoms. The number of fused-ring (bicyclic) bond motifs is 5. The molecule has 0 unspecified atom stereocenters. The first kappa shape index (κ1) is 34.5. The maximum Gasteiger partial charge on any atom is 0.0540 e. The number of rotatable bonds is 7. The lowest BCUT2D eigenvalue weighted by molar-refractivity contribution is 1.28. The molecule has 11 aromatic carbocycles. The molecule has 0 bridgehead atoms. The molecule has 0 saturated heterocycles. The van der Waals surface area contributed by atoms with Crippen LogP contribution >= 0.6 is 0 Å². The van der Waals surface area contributed by atoms with Crippen LogP contribution in [-0.2, 0) is 0 Å². The summed E-state index contributed by atoms with van der Waals surface area (Å²) >= 11 is 0. The van der Waals surface area contributed by atoms with Gasteiger partial charge in [-0.25, -0.2) is 0 Å². The predicted molar refractivity (Wildman–Crippen MR) is 253 cm³/mol. The van der Waals surface area contributed by atoms with Gasteiger partial charge in [0.2, 0.25) is 0 Å². The highest BCUT2D eigenvalue weighted by Crippen LogP contribution is 2.48. The summed E-state index contributed by atoms with van der Waals surface area (Å²) in [5.74, 6) is 0. The highest BCUT2D eigenvalue weighted by atomic mass is 15.1. The van der Waals surface area contributed by atoms with E-state index in [-0.39, 0.29) is 0 Å². The molecule has 0 N–H and O–H groups in total. The van der Waals surface area contributed by atoms with Crippen molar-refractivity contribution in [1.29, 1.82) is 0 Å². The van der Waals surface area contributed by atoms with Crippen LogP contribution in [0.2, 0.25) is 0 Å². The van der Waals surface area contributed by atoms with Crippen molar-refractivity contribution in [3.05, 3.63) is 237 Å². The maximum absolute atomic E-state index is 2.44. The van der Waals surface area contributed by atoms with Crippen LogP contribution in [0.5, 0.6) is 0 Å². The number of hydrogen-bond acceptors (Lipinski definition) is 1. The Morgan fingerprint density at radius 2 is 0.695 bits per heavy atom. The van der Waals surface area contributed by atoms with E-state index in [0.717, 1.165) is 17.1 Å². The SMILES string of the molecule is c1ccc(-c2c(-c3cccc(N(c4ccc(-c5cccc6ccccc56)cc4)c4ccccc4-c4cccc5ccccc45)c3)c3ccccc3c3ccccc23)cc1. The maximum atomic E-state index is 2.44. The summed E-state index contributed by atoms with van der Waals surface area (Å²) in [6, 6.07) is 86.3. The molecule has 0 aliphatic rings. The monoisotopic (exact) mass is 749 g/mol. The predicted octanol–water partition coefficient (Wildman–Crippen LogP) is 16.4. The fourth-order valence-electron chi connectivity index (χ4n) is 9.20. The van der Waals surface area contributed by atoms with E-state index in [2.05, 4.69) is 241 Å². The molecule has 0 aliphatic carbocycles. The Kier molecular flexibility index (Phi) is 8.56. The van der Waals surface area contributed by atoms with Crippen molar-refractivity contribution in [1.82, 2.24) is 0 Å². The summed E-state index contributed by atoms with van der Waals surface area (Å²) in [6.07, 6.45) is 0. The van der Waals surface area contributed by atoms with Gasteiger partial charge in [0.05, 0.1) is 5.69 Å². The fraction of sp³-hybridized carbons (Fsp3) is 0. The van der Waals surface area contributed by atoms with Crippen LogP contribution in [0, 0.1) is 0 Å². The smallest absolute Gasteiger partial charge is 0.0540 e. The van der Waals surface area contributed by atoms with Crippen LogP contribution in [0.15, 0.2) is 237 Å². The Morgan fingerprint density at radius 1 is 0.237 bits per heavy atom. The molecular formula is C58H39N. The standard InChI is InChI=1S/C58H39N/c1-2-19-43(20-3-1)57-54-30-10-8-27-51(54)52-28-9-11-31-55(52)58(57)44-23-14-24-46(39-44)59(45-37-35-42(36-38-45)48-32-15-21-40-17-4-6-25-47(40)48)56-34-13-12-29-53(56)50-33-16-22-41-18-5-7-26-49(41)50/h1-39H. The van der Waals surface area contributed by atoms with Crippen LogP contribution in [0.3, 0.4) is 0 Å². The number of nitrogens with zero attached hydrogens (tertiary/aromatic N) is 1. The molecule has 0 aromatic heterocycles. The van der Waals surface area contributed by atoms with Gasteiger partial charge in [0.1, 0.15) is 0 Å². The molecule has 1 nitrogen and oxygen atoms in total. The van der Waals surface area contributed by atoms with Gasteiger partial charge in [0, 0.05) is 16.9 Å². The highest BCUT2D eigenvalue weighted by molar-refractivity contribution is 6.21. The van der Waals surface area contributed by atoms with Gasteiger partial charge in [0.25, 0.3) is 0 Å². The average molecular weight is 750 g/mol. The Hall–Kier alpha value is -7.74. The first-order chi connectivity index (χ1) is 29.3. The summed E-state index contributed by atoms with van der Waals surface area (Å²) in [5.41, 5.74) is 13.0. The second-order valence-corrected chi connectivity index (χ2v) is 15.2. The van der Waals surface area contributed by atoms with E-state index >= 15 is 0 Å². The van der Waals surface area contributed by atoms with Crippen LogP contribution in [0.25, 0.3) is 87.6 Å². The number of anilines is 3. The second-order valence-electron chi connectivity index (χ2n) is 15.2. The van der Waals surface area contributed by atoms with E-state index in [1.165, 1.54) is 87.6 Å². The normalized spacial score (nSPS) is 11.4. The lowest BCUT2D eigenvalue weighted by atomic mass is 9.85. The summed E-state index contributed by atoms with van der Waals surface area (Å²) in [5, 5.41) is 9.97. The van der Waals surface area contributed by atoms with E-state index in [9.17, 15) is 0 Å². The summed E-state index contributed by atoms with van der Waals surface area (Å²) in [4.78, 5) is 2.44. The van der Waals surface area contributed by atoms with Gasteiger partial charge in [-0.15, -0.1) is 0 Å². The highest BCUT2D eigenvalue weighted by Gasteiger charge is 2.22. The zero-order valence-corrected chi connectivity index (χ0v) is 32.5. The zero-order chi connectivity index (χ0) is 39.1. The van der Waals surface area contributed by atoms with Gasteiger partial charge in [-0.1, -0.05) is 206 Å². The summed E-state index contributed by atoms with van der Waals surface area (Å²) in [6.45, 7) is 0. The molecule has 0 saturated carbocycles. The van der Waals surface area contributed by atoms with Gasteiger partial charge >= 0.3 is 0 Å². The molecule has 11 rings (SSSR count). The molecular weight excluding hydrogens is 711 g/mol. The molecule has 59 heavy (non-hydrogen) atoms. The average Bonchev–Trinajstić information content (AvgIpc) is 3.31. The van der Waals surface area contributed by atoms with Crippen LogP contribution in [0.1, 0.15) is 0 Å². The van der Waals surface area contributed by atoms with Gasteiger partial charge in [-0.05, 0) is 112 Å². The minimum Gasteiger partial charge on any atom is -0.310 e. The number of para-hydroxylation sites is 1. The van der Waals surface area contributed by atoms with Crippen molar-refractivity contribution in [2.45, 2.75) is 0 Å². The van der Waals surface area contributed by atoms with Gasteiger partial charge in [-0.3, -0.25) is 0 Å². The van der Waals surface area contributed by atoms with Crippen LogP contribution in [0.4, 0.5) is 17.1 Å². The van der Waals surface area contributed by atoms with Crippen molar-refractivity contribution in [3.63, 3.8) is 0 Å². The topological polar surface area (TPSA) is 3.24 Å². The molecule has 0 atom stereocenters. The summed E-state index contributed by atoms with van der Waals surface area (Å²) < 4.78 is 0. The van der Waals surface area contributed by atoms with Crippen molar-refractivity contribution < 1.29 is 0 Å². The van der Waals surface area contributed by atoms with Crippen LogP contribution < -0.4 is 4.90 Å². The molecule has 0 aliphatic heterocycles.